The molecule has 4 rings (SSSR count). The molecule has 0 aromatic carbocycles. The topological polar surface area (TPSA) is 46.2 Å². The average molecular weight is 307 g/mol. The number of nitrogens with two attached hydrogens (primary N) is 1. The van der Waals surface area contributed by atoms with E-state index in [0.717, 1.165) is 32.1 Å². The van der Waals surface area contributed by atoms with Gasteiger partial charge in [-0.25, -0.2) is 4.39 Å². The Balaban J connectivity index is 1.68. The molecule has 0 amide bonds. The second kappa shape index (κ2) is 4.80. The molecule has 124 valence electrons. The van der Waals surface area contributed by atoms with E-state index >= 15 is 0 Å². The van der Waals surface area contributed by atoms with Crippen molar-refractivity contribution < 1.29 is 9.50 Å². The molecule has 0 heterocycles. The molecule has 0 aliphatic heterocycles. The second-order valence-corrected chi connectivity index (χ2v) is 8.98. The Bertz CT molecular complexity index is 506. The molecule has 4 aliphatic carbocycles. The lowest BCUT2D eigenvalue weighted by Gasteiger charge is -2.57. The number of hydrogen-bond acceptors (Lipinski definition) is 2. The highest BCUT2D eigenvalue weighted by Gasteiger charge is 2.60. The highest BCUT2D eigenvalue weighted by molar-refractivity contribution is 5.25. The highest BCUT2D eigenvalue weighted by Crippen LogP contribution is 2.64. The van der Waals surface area contributed by atoms with E-state index in [1.54, 1.807) is 0 Å². The third-order valence-electron chi connectivity index (χ3n) is 8.15. The molecule has 8 atom stereocenters. The Hall–Kier alpha value is -0.410. The van der Waals surface area contributed by atoms with Crippen LogP contribution >= 0.6 is 0 Å². The van der Waals surface area contributed by atoms with Gasteiger partial charge in [-0.1, -0.05) is 25.5 Å². The first-order chi connectivity index (χ1) is 10.4. The summed E-state index contributed by atoms with van der Waals surface area (Å²) in [5.41, 5.74) is 7.96. The van der Waals surface area contributed by atoms with Gasteiger partial charge in [-0.3, -0.25) is 0 Å². The van der Waals surface area contributed by atoms with Crippen LogP contribution in [0.1, 0.15) is 58.8 Å². The first-order valence-electron chi connectivity index (χ1n) is 9.13. The molecule has 0 unspecified atom stereocenters. The Kier molecular flexibility index (Phi) is 3.30. The Morgan fingerprint density at radius 3 is 2.77 bits per heavy atom. The Morgan fingerprint density at radius 2 is 2.00 bits per heavy atom. The fourth-order valence-corrected chi connectivity index (χ4v) is 6.65. The summed E-state index contributed by atoms with van der Waals surface area (Å²) in [5.74, 6) is 1.70. The minimum atomic E-state index is -0.819. The first kappa shape index (κ1) is 15.1. The summed E-state index contributed by atoms with van der Waals surface area (Å²) in [6.07, 6.45) is 8.29. The van der Waals surface area contributed by atoms with Gasteiger partial charge >= 0.3 is 0 Å². The number of alkyl halides is 1. The predicted octanol–water partition coefficient (Wildman–Crippen LogP) is 3.59. The average Bonchev–Trinajstić information content (AvgIpc) is 2.72. The van der Waals surface area contributed by atoms with Crippen LogP contribution in [0, 0.1) is 28.6 Å². The van der Waals surface area contributed by atoms with Gasteiger partial charge in [-0.15, -0.1) is 0 Å². The molecule has 4 aliphatic rings. The van der Waals surface area contributed by atoms with Crippen molar-refractivity contribution in [1.29, 1.82) is 0 Å². The fourth-order valence-electron chi connectivity index (χ4n) is 6.65. The van der Waals surface area contributed by atoms with Gasteiger partial charge in [-0.05, 0) is 73.5 Å². The van der Waals surface area contributed by atoms with Crippen LogP contribution in [0.5, 0.6) is 0 Å². The maximum absolute atomic E-state index is 14.3. The molecule has 0 bridgehead atoms. The summed E-state index contributed by atoms with van der Waals surface area (Å²) >= 11 is 0. The van der Waals surface area contributed by atoms with Crippen LogP contribution in [0.15, 0.2) is 11.6 Å². The third kappa shape index (κ3) is 1.84. The molecule has 0 spiro atoms. The Morgan fingerprint density at radius 1 is 1.23 bits per heavy atom. The number of fused-ring (bicyclic) bond motifs is 5. The van der Waals surface area contributed by atoms with Crippen molar-refractivity contribution in [1.82, 2.24) is 0 Å². The van der Waals surface area contributed by atoms with Crippen LogP contribution in [0.2, 0.25) is 0 Å². The summed E-state index contributed by atoms with van der Waals surface area (Å²) in [5, 5.41) is 10.0. The van der Waals surface area contributed by atoms with Crippen LogP contribution < -0.4 is 5.73 Å². The van der Waals surface area contributed by atoms with E-state index in [9.17, 15) is 9.50 Å². The zero-order chi connectivity index (χ0) is 15.7. The van der Waals surface area contributed by atoms with Gasteiger partial charge in [0, 0.05) is 6.04 Å². The molecule has 0 aromatic rings. The summed E-state index contributed by atoms with van der Waals surface area (Å²) in [6, 6.07) is -0.273. The standard InChI is InChI=1S/C19H30FNO/c1-18-7-5-12(22)9-11(18)3-4-13-14(18)6-8-19(2)15(13)10-16(20)17(19)21/h3,12-17,22H,4-10,21H2,1-2H3/t12-,13+,14-,15-,16-,17-,18-,19-/m0/s1. The molecule has 0 saturated heterocycles. The lowest BCUT2D eigenvalue weighted by molar-refractivity contribution is -0.0402. The van der Waals surface area contributed by atoms with Crippen molar-refractivity contribution in [3.05, 3.63) is 11.6 Å². The van der Waals surface area contributed by atoms with E-state index in [1.165, 1.54) is 12.0 Å². The largest absolute Gasteiger partial charge is 0.393 e. The van der Waals surface area contributed by atoms with Gasteiger partial charge in [0.05, 0.1) is 6.10 Å². The molecule has 3 saturated carbocycles. The number of allylic oxidation sites excluding steroid dienone is 1. The van der Waals surface area contributed by atoms with E-state index in [-0.39, 0.29) is 23.0 Å². The summed E-state index contributed by atoms with van der Waals surface area (Å²) < 4.78 is 14.3. The lowest BCUT2D eigenvalue weighted by atomic mass is 9.48. The maximum atomic E-state index is 14.3. The van der Waals surface area contributed by atoms with Crippen LogP contribution in [0.25, 0.3) is 0 Å². The lowest BCUT2D eigenvalue weighted by Crippen LogP contribution is -2.52. The summed E-state index contributed by atoms with van der Waals surface area (Å²) in [7, 11) is 0. The normalized spacial score (nSPS) is 57.6. The zero-order valence-electron chi connectivity index (χ0n) is 13.9. The molecular formula is C19H30FNO. The summed E-state index contributed by atoms with van der Waals surface area (Å²) in [4.78, 5) is 0. The number of aliphatic hydroxyl groups excluding tert-OH is 1. The third-order valence-corrected chi connectivity index (χ3v) is 8.15. The zero-order valence-corrected chi connectivity index (χ0v) is 13.9. The molecule has 3 N–H and O–H groups in total. The minimum Gasteiger partial charge on any atom is -0.393 e. The van der Waals surface area contributed by atoms with Crippen LogP contribution in [0.3, 0.4) is 0 Å². The van der Waals surface area contributed by atoms with Crippen molar-refractivity contribution in [3.63, 3.8) is 0 Å². The SMILES string of the molecule is C[C@]12CC[C@H]3[C@@H](CC=C4C[C@@H](O)CC[C@@]43C)[C@@H]1C[C@H](F)[C@@H]2N. The van der Waals surface area contributed by atoms with Crippen LogP contribution in [-0.2, 0) is 0 Å². The summed E-state index contributed by atoms with van der Waals surface area (Å²) in [6.45, 7) is 4.65. The number of rotatable bonds is 0. The molecule has 3 heteroatoms. The van der Waals surface area contributed by atoms with Crippen molar-refractivity contribution in [2.75, 3.05) is 0 Å². The van der Waals surface area contributed by atoms with E-state index in [1.807, 2.05) is 0 Å². The molecule has 0 radical (unpaired) electrons. The van der Waals surface area contributed by atoms with Crippen molar-refractivity contribution in [3.8, 4) is 0 Å². The minimum absolute atomic E-state index is 0.00350. The molecule has 0 aromatic heterocycles. The number of hydrogen-bond donors (Lipinski definition) is 2. The number of aliphatic hydroxyl groups is 1. The number of halogens is 1. The maximum Gasteiger partial charge on any atom is 0.116 e. The van der Waals surface area contributed by atoms with Gasteiger partial charge < -0.3 is 10.8 Å². The molecule has 22 heavy (non-hydrogen) atoms. The van der Waals surface area contributed by atoms with E-state index in [0.29, 0.717) is 24.2 Å². The van der Waals surface area contributed by atoms with Gasteiger partial charge in [-0.2, -0.15) is 0 Å². The van der Waals surface area contributed by atoms with Crippen molar-refractivity contribution >= 4 is 0 Å². The first-order valence-corrected chi connectivity index (χ1v) is 9.13. The van der Waals surface area contributed by atoms with Gasteiger partial charge in [0.15, 0.2) is 0 Å². The molecular weight excluding hydrogens is 277 g/mol. The predicted molar refractivity (Wildman–Crippen MR) is 86.0 cm³/mol. The van der Waals surface area contributed by atoms with E-state index in [2.05, 4.69) is 19.9 Å². The highest BCUT2D eigenvalue weighted by atomic mass is 19.1. The van der Waals surface area contributed by atoms with E-state index < -0.39 is 6.17 Å². The molecule has 3 fully saturated rings. The Labute approximate surface area is 133 Å². The van der Waals surface area contributed by atoms with Crippen LogP contribution in [-0.4, -0.2) is 23.4 Å². The quantitative estimate of drug-likeness (QED) is 0.672. The molecule has 2 nitrogen and oxygen atoms in total. The van der Waals surface area contributed by atoms with Crippen molar-refractivity contribution in [2.45, 2.75) is 77.1 Å². The van der Waals surface area contributed by atoms with Crippen LogP contribution in [0.4, 0.5) is 4.39 Å². The van der Waals surface area contributed by atoms with Gasteiger partial charge in [0.25, 0.3) is 0 Å². The second-order valence-electron chi connectivity index (χ2n) is 8.98. The monoisotopic (exact) mass is 307 g/mol. The van der Waals surface area contributed by atoms with Gasteiger partial charge in [0.2, 0.25) is 0 Å². The fraction of sp³-hybridized carbons (Fsp3) is 0.895. The smallest absolute Gasteiger partial charge is 0.116 e. The van der Waals surface area contributed by atoms with Gasteiger partial charge in [0.1, 0.15) is 6.17 Å². The van der Waals surface area contributed by atoms with E-state index in [4.69, 9.17) is 5.73 Å². The van der Waals surface area contributed by atoms with Crippen molar-refractivity contribution in [2.24, 2.45) is 34.3 Å².